The van der Waals surface area contributed by atoms with Crippen LogP contribution >= 0.6 is 0 Å². The third-order valence-corrected chi connectivity index (χ3v) is 4.80. The fourth-order valence-corrected chi connectivity index (χ4v) is 2.94. The number of hydrogen-bond donors (Lipinski definition) is 0. The van der Waals surface area contributed by atoms with Crippen molar-refractivity contribution in [1.29, 1.82) is 0 Å². The summed E-state index contributed by atoms with van der Waals surface area (Å²) in [6, 6.07) is 10.9. The van der Waals surface area contributed by atoms with E-state index in [-0.39, 0.29) is 5.41 Å². The van der Waals surface area contributed by atoms with E-state index in [1.54, 1.807) is 33.4 Å². The van der Waals surface area contributed by atoms with Gasteiger partial charge in [-0.25, -0.2) is 0 Å². The van der Waals surface area contributed by atoms with Crippen molar-refractivity contribution >= 4 is 11.7 Å². The van der Waals surface area contributed by atoms with Crippen LogP contribution in [0.5, 0.6) is 11.5 Å². The predicted octanol–water partition coefficient (Wildman–Crippen LogP) is 4.15. The number of amides is 1. The number of rotatable bonds is 6. The van der Waals surface area contributed by atoms with Gasteiger partial charge in [-0.2, -0.15) is 0 Å². The number of carbonyl (C=O) groups excluding carboxylic acids is 2. The first-order chi connectivity index (χ1) is 13.1. The molecule has 0 heterocycles. The van der Waals surface area contributed by atoms with Crippen LogP contribution in [0.4, 0.5) is 0 Å². The topological polar surface area (TPSA) is 55.8 Å². The highest BCUT2D eigenvalue weighted by Crippen LogP contribution is 2.30. The molecule has 0 saturated heterocycles. The van der Waals surface area contributed by atoms with E-state index in [0.29, 0.717) is 23.6 Å². The van der Waals surface area contributed by atoms with Gasteiger partial charge in [-0.15, -0.1) is 0 Å². The number of benzene rings is 2. The minimum Gasteiger partial charge on any atom is -0.493 e. The molecular formula is C23H29NO4. The maximum Gasteiger partial charge on any atom is 0.294 e. The lowest BCUT2D eigenvalue weighted by molar-refractivity contribution is -0.125. The van der Waals surface area contributed by atoms with Gasteiger partial charge in [-0.3, -0.25) is 9.59 Å². The van der Waals surface area contributed by atoms with Gasteiger partial charge in [-0.05, 0) is 41.2 Å². The molecule has 2 rings (SSSR count). The zero-order valence-corrected chi connectivity index (χ0v) is 17.8. The molecule has 0 aliphatic heterocycles. The second-order valence-corrected chi connectivity index (χ2v) is 7.95. The third kappa shape index (κ3) is 4.71. The van der Waals surface area contributed by atoms with E-state index >= 15 is 0 Å². The summed E-state index contributed by atoms with van der Waals surface area (Å²) in [6.07, 6.45) is 0. The lowest BCUT2D eigenvalue weighted by Crippen LogP contribution is -2.33. The summed E-state index contributed by atoms with van der Waals surface area (Å²) in [5.41, 5.74) is 3.36. The van der Waals surface area contributed by atoms with Crippen molar-refractivity contribution in [2.24, 2.45) is 0 Å². The first-order valence-corrected chi connectivity index (χ1v) is 9.20. The van der Waals surface area contributed by atoms with Crippen LogP contribution in [0.3, 0.4) is 0 Å². The van der Waals surface area contributed by atoms with Gasteiger partial charge < -0.3 is 14.4 Å². The van der Waals surface area contributed by atoms with Crippen LogP contribution in [0.25, 0.3) is 0 Å². The Labute approximate surface area is 167 Å². The van der Waals surface area contributed by atoms with Crippen molar-refractivity contribution in [3.05, 3.63) is 58.7 Å². The summed E-state index contributed by atoms with van der Waals surface area (Å²) in [4.78, 5) is 26.7. The molecule has 0 spiro atoms. The molecule has 5 heteroatoms. The van der Waals surface area contributed by atoms with Crippen molar-refractivity contribution in [2.45, 2.75) is 39.7 Å². The van der Waals surface area contributed by atoms with Gasteiger partial charge in [0.2, 0.25) is 5.78 Å². The summed E-state index contributed by atoms with van der Waals surface area (Å²) in [7, 11) is 4.77. The molecule has 0 unspecified atom stereocenters. The van der Waals surface area contributed by atoms with Crippen LogP contribution in [0.1, 0.15) is 47.8 Å². The van der Waals surface area contributed by atoms with Crippen molar-refractivity contribution in [3.8, 4) is 11.5 Å². The van der Waals surface area contributed by atoms with Gasteiger partial charge in [0, 0.05) is 19.2 Å². The number of Topliss-reactive ketones (excluding diaryl/α,β-unsaturated/α-hetero) is 1. The molecule has 0 aromatic heterocycles. The minimum atomic E-state index is -0.544. The first kappa shape index (κ1) is 21.5. The number of ketones is 1. The number of aryl methyl sites for hydroxylation is 1. The van der Waals surface area contributed by atoms with Gasteiger partial charge >= 0.3 is 0 Å². The van der Waals surface area contributed by atoms with Gasteiger partial charge in [0.15, 0.2) is 11.5 Å². The molecule has 5 nitrogen and oxygen atoms in total. The minimum absolute atomic E-state index is 0.00662. The van der Waals surface area contributed by atoms with Crippen molar-refractivity contribution in [1.82, 2.24) is 4.90 Å². The molecule has 1 amide bonds. The van der Waals surface area contributed by atoms with Crippen LogP contribution in [-0.2, 0) is 16.8 Å². The molecule has 2 aromatic carbocycles. The number of ether oxygens (including phenoxy) is 2. The predicted molar refractivity (Wildman–Crippen MR) is 110 cm³/mol. The van der Waals surface area contributed by atoms with Gasteiger partial charge in [0.25, 0.3) is 5.91 Å². The Morgan fingerprint density at radius 1 is 0.964 bits per heavy atom. The van der Waals surface area contributed by atoms with E-state index in [2.05, 4.69) is 20.8 Å². The maximum atomic E-state index is 12.6. The fraction of sp³-hybridized carbons (Fsp3) is 0.391. The number of hydrogen-bond acceptors (Lipinski definition) is 4. The van der Waals surface area contributed by atoms with E-state index in [1.165, 1.54) is 4.90 Å². The van der Waals surface area contributed by atoms with Crippen molar-refractivity contribution in [2.75, 3.05) is 21.3 Å². The van der Waals surface area contributed by atoms with Crippen LogP contribution in [0.15, 0.2) is 36.4 Å². The Hall–Kier alpha value is -2.82. The number of likely N-dealkylation sites (N-methyl/N-ethyl adjacent to an activating group) is 1. The summed E-state index contributed by atoms with van der Waals surface area (Å²) < 4.78 is 10.6. The number of methoxy groups -OCH3 is 2. The Kier molecular flexibility index (Phi) is 6.49. The largest absolute Gasteiger partial charge is 0.493 e. The highest BCUT2D eigenvalue weighted by atomic mass is 16.5. The Bertz CT molecular complexity index is 863. The molecule has 28 heavy (non-hydrogen) atoms. The molecule has 0 aliphatic rings. The number of nitrogens with zero attached hydrogens (tertiary/aromatic N) is 1. The van der Waals surface area contributed by atoms with E-state index in [0.717, 1.165) is 16.7 Å². The van der Waals surface area contributed by atoms with E-state index < -0.39 is 11.7 Å². The molecule has 0 radical (unpaired) electrons. The van der Waals surface area contributed by atoms with Crippen LogP contribution in [0.2, 0.25) is 0 Å². The maximum absolute atomic E-state index is 12.6. The molecule has 0 bridgehead atoms. The zero-order chi connectivity index (χ0) is 21.1. The van der Waals surface area contributed by atoms with Crippen molar-refractivity contribution < 1.29 is 19.1 Å². The lowest BCUT2D eigenvalue weighted by atomic mass is 9.86. The normalized spacial score (nSPS) is 11.1. The molecule has 0 fully saturated rings. The molecular weight excluding hydrogens is 354 g/mol. The molecule has 0 aliphatic carbocycles. The third-order valence-electron chi connectivity index (χ3n) is 4.80. The molecule has 0 atom stereocenters. The molecule has 0 N–H and O–H groups in total. The fourth-order valence-electron chi connectivity index (χ4n) is 2.94. The summed E-state index contributed by atoms with van der Waals surface area (Å²) in [6.45, 7) is 8.55. The summed E-state index contributed by atoms with van der Waals surface area (Å²) in [5.74, 6) is 0.166. The molecule has 0 saturated carbocycles. The second kappa shape index (κ2) is 8.46. The zero-order valence-electron chi connectivity index (χ0n) is 17.8. The van der Waals surface area contributed by atoms with E-state index in [9.17, 15) is 9.59 Å². The Balaban J connectivity index is 2.17. The quantitative estimate of drug-likeness (QED) is 0.555. The van der Waals surface area contributed by atoms with Crippen LogP contribution in [-0.4, -0.2) is 37.9 Å². The van der Waals surface area contributed by atoms with Crippen molar-refractivity contribution in [3.63, 3.8) is 0 Å². The highest BCUT2D eigenvalue weighted by Gasteiger charge is 2.22. The lowest BCUT2D eigenvalue weighted by Gasteiger charge is -2.20. The van der Waals surface area contributed by atoms with E-state index in [4.69, 9.17) is 9.47 Å². The van der Waals surface area contributed by atoms with Gasteiger partial charge in [0.1, 0.15) is 0 Å². The second-order valence-electron chi connectivity index (χ2n) is 7.95. The Morgan fingerprint density at radius 3 is 2.00 bits per heavy atom. The summed E-state index contributed by atoms with van der Waals surface area (Å²) in [5, 5.41) is 0. The monoisotopic (exact) mass is 383 g/mol. The average molecular weight is 383 g/mol. The smallest absolute Gasteiger partial charge is 0.294 e. The highest BCUT2D eigenvalue weighted by molar-refractivity contribution is 6.42. The van der Waals surface area contributed by atoms with Crippen LogP contribution < -0.4 is 9.47 Å². The van der Waals surface area contributed by atoms with E-state index in [1.807, 2.05) is 31.2 Å². The first-order valence-electron chi connectivity index (χ1n) is 9.20. The van der Waals surface area contributed by atoms with Crippen LogP contribution in [0, 0.1) is 6.92 Å². The standard InChI is InChI=1S/C23H29NO4/c1-15-12-19(27-6)20(28-7)13-17(15)14-24(5)22(26)21(25)16-8-10-18(11-9-16)23(2,3)4/h8-13H,14H2,1-7H3. The molecule has 150 valence electrons. The van der Waals surface area contributed by atoms with Gasteiger partial charge in [-0.1, -0.05) is 45.0 Å². The average Bonchev–Trinajstić information content (AvgIpc) is 2.67. The summed E-state index contributed by atoms with van der Waals surface area (Å²) >= 11 is 0. The SMILES string of the molecule is COc1cc(C)c(CN(C)C(=O)C(=O)c2ccc(C(C)(C)C)cc2)cc1OC. The molecule has 2 aromatic rings. The Morgan fingerprint density at radius 2 is 1.50 bits per heavy atom. The number of carbonyl (C=O) groups is 2. The van der Waals surface area contributed by atoms with Gasteiger partial charge in [0.05, 0.1) is 14.2 Å².